The molecule has 0 aliphatic rings. The van der Waals surface area contributed by atoms with Crippen LogP contribution in [0.4, 0.5) is 0 Å². The molecule has 20 heavy (non-hydrogen) atoms. The Hall–Kier alpha value is -0.630. The van der Waals surface area contributed by atoms with E-state index in [0.29, 0.717) is 4.48 Å². The van der Waals surface area contributed by atoms with Crippen LogP contribution in [0.2, 0.25) is 5.02 Å². The first-order valence-electron chi connectivity index (χ1n) is 5.43. The van der Waals surface area contributed by atoms with Gasteiger partial charge < -0.3 is 0 Å². The van der Waals surface area contributed by atoms with Gasteiger partial charge in [0.1, 0.15) is 0 Å². The van der Waals surface area contributed by atoms with Crippen LogP contribution < -0.4 is 0 Å². The number of H-pyrrole nitrogens is 1. The fraction of sp³-hybridized carbons (Fsp3) is 0.0833. The van der Waals surface area contributed by atoms with Crippen molar-refractivity contribution in [3.8, 4) is 0 Å². The standard InChI is InChI=1S/C12H9Br2ClN2O2S/c13-9-3-1-2-8(6-9)10(14)4-5-20(18,19)12-11(15)7-16-17-12/h1-4,6-7H,5H2,(H,16,17). The predicted octanol–water partition coefficient (Wildman–Crippen LogP) is 4.04. The van der Waals surface area contributed by atoms with Gasteiger partial charge in [-0.3, -0.25) is 5.10 Å². The van der Waals surface area contributed by atoms with E-state index in [1.807, 2.05) is 24.3 Å². The second kappa shape index (κ2) is 6.43. The SMILES string of the molecule is O=S(=O)(CC=C(Br)c1cccc(Br)c1)c1[nH]ncc1Cl. The zero-order valence-electron chi connectivity index (χ0n) is 9.98. The zero-order chi connectivity index (χ0) is 14.8. The maximum absolute atomic E-state index is 12.1. The molecule has 1 heterocycles. The molecule has 0 radical (unpaired) electrons. The smallest absolute Gasteiger partial charge is 0.200 e. The van der Waals surface area contributed by atoms with E-state index in [0.717, 1.165) is 10.0 Å². The summed E-state index contributed by atoms with van der Waals surface area (Å²) in [5.74, 6) is -0.179. The van der Waals surface area contributed by atoms with E-state index in [4.69, 9.17) is 11.6 Å². The average molecular weight is 441 g/mol. The molecule has 0 bridgehead atoms. The molecule has 0 saturated carbocycles. The average Bonchev–Trinajstić information content (AvgIpc) is 2.83. The van der Waals surface area contributed by atoms with Crippen LogP contribution in [-0.4, -0.2) is 24.4 Å². The van der Waals surface area contributed by atoms with Gasteiger partial charge in [-0.05, 0) is 17.7 Å². The number of hydrogen-bond donors (Lipinski definition) is 1. The lowest BCUT2D eigenvalue weighted by Crippen LogP contribution is -2.06. The molecular weight excluding hydrogens is 431 g/mol. The number of aromatic amines is 1. The van der Waals surface area contributed by atoms with Crippen LogP contribution >= 0.6 is 43.5 Å². The molecular formula is C12H9Br2ClN2O2S. The minimum Gasteiger partial charge on any atom is -0.266 e. The van der Waals surface area contributed by atoms with E-state index in [1.54, 1.807) is 6.08 Å². The topological polar surface area (TPSA) is 62.8 Å². The summed E-state index contributed by atoms with van der Waals surface area (Å²) in [6.45, 7) is 0. The fourth-order valence-corrected chi connectivity index (χ4v) is 4.06. The Balaban J connectivity index is 2.23. The number of rotatable bonds is 4. The van der Waals surface area contributed by atoms with Crippen molar-refractivity contribution in [2.24, 2.45) is 0 Å². The van der Waals surface area contributed by atoms with Crippen LogP contribution in [0, 0.1) is 0 Å². The zero-order valence-corrected chi connectivity index (χ0v) is 14.7. The lowest BCUT2D eigenvalue weighted by atomic mass is 10.2. The first kappa shape index (κ1) is 15.8. The monoisotopic (exact) mass is 438 g/mol. The van der Waals surface area contributed by atoms with Crippen molar-refractivity contribution < 1.29 is 8.42 Å². The third kappa shape index (κ3) is 3.72. The lowest BCUT2D eigenvalue weighted by Gasteiger charge is -2.02. The van der Waals surface area contributed by atoms with Gasteiger partial charge in [0.25, 0.3) is 0 Å². The van der Waals surface area contributed by atoms with Gasteiger partial charge in [0, 0.05) is 8.96 Å². The van der Waals surface area contributed by atoms with Crippen molar-refractivity contribution in [1.29, 1.82) is 0 Å². The highest BCUT2D eigenvalue weighted by Gasteiger charge is 2.19. The third-order valence-corrected chi connectivity index (χ3v) is 5.67. The summed E-state index contributed by atoms with van der Waals surface area (Å²) in [4.78, 5) is 0. The Morgan fingerprint density at radius 3 is 2.80 bits per heavy atom. The summed E-state index contributed by atoms with van der Waals surface area (Å²) in [5, 5.41) is 6.04. The highest BCUT2D eigenvalue weighted by atomic mass is 79.9. The van der Waals surface area contributed by atoms with Crippen molar-refractivity contribution in [3.05, 3.63) is 51.6 Å². The van der Waals surface area contributed by atoms with Crippen LogP contribution in [0.1, 0.15) is 5.56 Å². The molecule has 2 aromatic rings. The highest BCUT2D eigenvalue weighted by Crippen LogP contribution is 2.25. The largest absolute Gasteiger partial charge is 0.266 e. The van der Waals surface area contributed by atoms with E-state index >= 15 is 0 Å². The molecule has 0 saturated heterocycles. The Bertz CT molecular complexity index is 756. The number of hydrogen-bond acceptors (Lipinski definition) is 3. The summed E-state index contributed by atoms with van der Waals surface area (Å²) in [6, 6.07) is 7.52. The normalized spacial score (nSPS) is 12.7. The molecule has 8 heteroatoms. The van der Waals surface area contributed by atoms with Crippen molar-refractivity contribution in [3.63, 3.8) is 0 Å². The van der Waals surface area contributed by atoms with E-state index in [2.05, 4.69) is 42.1 Å². The van der Waals surface area contributed by atoms with Crippen LogP contribution in [0.3, 0.4) is 0 Å². The van der Waals surface area contributed by atoms with Gasteiger partial charge in [0.2, 0.25) is 0 Å². The Kier molecular flexibility index (Phi) is 5.06. The number of benzene rings is 1. The minimum absolute atomic E-state index is 0.0649. The third-order valence-electron chi connectivity index (χ3n) is 2.45. The quantitative estimate of drug-likeness (QED) is 0.781. The van der Waals surface area contributed by atoms with Gasteiger partial charge in [0.05, 0.1) is 17.0 Å². The molecule has 2 rings (SSSR count). The van der Waals surface area contributed by atoms with Gasteiger partial charge in [-0.25, -0.2) is 8.42 Å². The molecule has 0 spiro atoms. The molecule has 1 N–H and O–H groups in total. The van der Waals surface area contributed by atoms with Crippen molar-refractivity contribution in [2.45, 2.75) is 5.03 Å². The molecule has 0 fully saturated rings. The highest BCUT2D eigenvalue weighted by molar-refractivity contribution is 9.15. The van der Waals surface area contributed by atoms with Crippen LogP contribution in [0.5, 0.6) is 0 Å². The molecule has 0 atom stereocenters. The first-order valence-corrected chi connectivity index (χ1v) is 9.05. The fourth-order valence-electron chi connectivity index (χ4n) is 1.50. The second-order valence-corrected chi connectivity index (χ2v) is 8.04. The summed E-state index contributed by atoms with van der Waals surface area (Å²) in [6.07, 6.45) is 2.84. The summed E-state index contributed by atoms with van der Waals surface area (Å²) in [5.41, 5.74) is 0.880. The lowest BCUT2D eigenvalue weighted by molar-refractivity contribution is 0.595. The number of sulfone groups is 1. The maximum atomic E-state index is 12.1. The van der Waals surface area contributed by atoms with E-state index in [-0.39, 0.29) is 15.8 Å². The van der Waals surface area contributed by atoms with Crippen molar-refractivity contribution in [2.75, 3.05) is 5.75 Å². The van der Waals surface area contributed by atoms with Crippen LogP contribution in [0.25, 0.3) is 4.48 Å². The van der Waals surface area contributed by atoms with E-state index in [9.17, 15) is 8.42 Å². The summed E-state index contributed by atoms with van der Waals surface area (Å²) in [7, 11) is -3.53. The molecule has 106 valence electrons. The molecule has 1 aromatic carbocycles. The molecule has 0 amide bonds. The van der Waals surface area contributed by atoms with E-state index < -0.39 is 9.84 Å². The van der Waals surface area contributed by atoms with E-state index in [1.165, 1.54) is 6.20 Å². The Labute approximate surface area is 138 Å². The van der Waals surface area contributed by atoms with Gasteiger partial charge in [-0.1, -0.05) is 61.7 Å². The summed E-state index contributed by atoms with van der Waals surface area (Å²) >= 11 is 12.5. The van der Waals surface area contributed by atoms with Crippen LogP contribution in [0.15, 0.2) is 46.0 Å². The Morgan fingerprint density at radius 2 is 2.20 bits per heavy atom. The van der Waals surface area contributed by atoms with Gasteiger partial charge in [-0.15, -0.1) is 0 Å². The van der Waals surface area contributed by atoms with Gasteiger partial charge in [-0.2, -0.15) is 5.10 Å². The first-order chi connectivity index (χ1) is 9.40. The molecule has 0 aliphatic heterocycles. The van der Waals surface area contributed by atoms with Crippen molar-refractivity contribution in [1.82, 2.24) is 10.2 Å². The summed E-state index contributed by atoms with van der Waals surface area (Å²) < 4.78 is 25.8. The molecule has 0 aliphatic carbocycles. The second-order valence-electron chi connectivity index (χ2n) is 3.89. The van der Waals surface area contributed by atoms with Crippen LogP contribution in [-0.2, 0) is 9.84 Å². The molecule has 1 aromatic heterocycles. The maximum Gasteiger partial charge on any atom is 0.200 e. The van der Waals surface area contributed by atoms with Gasteiger partial charge in [0.15, 0.2) is 14.9 Å². The Morgan fingerprint density at radius 1 is 1.45 bits per heavy atom. The number of aromatic nitrogens is 2. The van der Waals surface area contributed by atoms with Crippen molar-refractivity contribution >= 4 is 57.8 Å². The number of halogens is 3. The minimum atomic E-state index is -3.53. The number of nitrogens with zero attached hydrogens (tertiary/aromatic N) is 1. The van der Waals surface area contributed by atoms with Gasteiger partial charge >= 0.3 is 0 Å². The predicted molar refractivity (Wildman–Crippen MR) is 86.7 cm³/mol. The number of nitrogens with one attached hydrogen (secondary N) is 1. The molecule has 0 unspecified atom stereocenters. The molecule has 4 nitrogen and oxygen atoms in total.